The van der Waals surface area contributed by atoms with E-state index in [1.165, 1.54) is 24.3 Å². The molecule has 16 heavy (non-hydrogen) atoms. The van der Waals surface area contributed by atoms with E-state index < -0.39 is 27.3 Å². The molecule has 0 aliphatic carbocycles. The Morgan fingerprint density at radius 1 is 1.12 bits per heavy atom. The number of hydrogen-bond acceptors (Lipinski definition) is 4. The van der Waals surface area contributed by atoms with Crippen LogP contribution in [-0.4, -0.2) is 37.3 Å². The molecule has 0 fully saturated rings. The highest BCUT2D eigenvalue weighted by Gasteiger charge is 2.13. The molecule has 1 aromatic rings. The second-order valence-corrected chi connectivity index (χ2v) is 5.52. The molecule has 0 radical (unpaired) electrons. The number of carbonyl (C=O) groups is 2. The summed E-state index contributed by atoms with van der Waals surface area (Å²) in [5, 5.41) is 8.62. The van der Waals surface area contributed by atoms with Crippen LogP contribution in [-0.2, 0) is 9.84 Å². The highest BCUT2D eigenvalue weighted by molar-refractivity contribution is 7.91. The van der Waals surface area contributed by atoms with Crippen LogP contribution in [0, 0.1) is 0 Å². The number of aromatic carboxylic acids is 1. The SMILES string of the molecule is CS(=O)(=O)CC(=O)c1ccc(C(=O)O)cc1. The van der Waals surface area contributed by atoms with Crippen molar-refractivity contribution in [3.05, 3.63) is 35.4 Å². The molecule has 0 saturated carbocycles. The molecule has 0 atom stereocenters. The monoisotopic (exact) mass is 242 g/mol. The van der Waals surface area contributed by atoms with E-state index >= 15 is 0 Å². The van der Waals surface area contributed by atoms with E-state index in [-0.39, 0.29) is 11.1 Å². The smallest absolute Gasteiger partial charge is 0.335 e. The number of rotatable bonds is 4. The molecule has 0 aliphatic heterocycles. The normalized spacial score (nSPS) is 11.1. The Bertz CT molecular complexity index is 513. The first-order valence-electron chi connectivity index (χ1n) is 4.34. The van der Waals surface area contributed by atoms with Gasteiger partial charge >= 0.3 is 5.97 Å². The molecule has 1 rings (SSSR count). The average molecular weight is 242 g/mol. The Hall–Kier alpha value is -1.69. The molecule has 86 valence electrons. The minimum Gasteiger partial charge on any atom is -0.478 e. The van der Waals surface area contributed by atoms with E-state index in [1.807, 2.05) is 0 Å². The van der Waals surface area contributed by atoms with E-state index in [1.54, 1.807) is 0 Å². The second kappa shape index (κ2) is 4.44. The lowest BCUT2D eigenvalue weighted by atomic mass is 10.1. The van der Waals surface area contributed by atoms with Crippen molar-refractivity contribution in [2.24, 2.45) is 0 Å². The predicted octanol–water partition coefficient (Wildman–Crippen LogP) is 0.612. The Labute approximate surface area is 92.6 Å². The standard InChI is InChI=1S/C10H10O5S/c1-16(14,15)6-9(11)7-2-4-8(5-3-7)10(12)13/h2-5H,6H2,1H3,(H,12,13). The number of carboxylic acid groups (broad SMARTS) is 1. The van der Waals surface area contributed by atoms with Crippen molar-refractivity contribution < 1.29 is 23.1 Å². The summed E-state index contributed by atoms with van der Waals surface area (Å²) in [6.45, 7) is 0. The molecular weight excluding hydrogens is 232 g/mol. The topological polar surface area (TPSA) is 88.5 Å². The van der Waals surface area contributed by atoms with Crippen LogP contribution in [0.4, 0.5) is 0 Å². The Morgan fingerprint density at radius 2 is 1.56 bits per heavy atom. The first kappa shape index (κ1) is 12.4. The molecular formula is C10H10O5S. The molecule has 0 aliphatic rings. The third kappa shape index (κ3) is 3.47. The summed E-state index contributed by atoms with van der Waals surface area (Å²) in [6.07, 6.45) is 0.969. The molecule has 0 aromatic heterocycles. The lowest BCUT2D eigenvalue weighted by Gasteiger charge is -2.00. The first-order valence-corrected chi connectivity index (χ1v) is 6.40. The van der Waals surface area contributed by atoms with Crippen molar-refractivity contribution in [1.82, 2.24) is 0 Å². The van der Waals surface area contributed by atoms with Crippen LogP contribution in [0.1, 0.15) is 20.7 Å². The zero-order chi connectivity index (χ0) is 12.3. The third-order valence-corrected chi connectivity index (χ3v) is 2.63. The fourth-order valence-electron chi connectivity index (χ4n) is 1.12. The number of Topliss-reactive ketones (excluding diaryl/α,β-unsaturated/α-hetero) is 1. The van der Waals surface area contributed by atoms with Gasteiger partial charge in [-0.1, -0.05) is 12.1 Å². The number of hydrogen-bond donors (Lipinski definition) is 1. The van der Waals surface area contributed by atoms with Gasteiger partial charge in [0, 0.05) is 11.8 Å². The lowest BCUT2D eigenvalue weighted by Crippen LogP contribution is -2.14. The highest BCUT2D eigenvalue weighted by Crippen LogP contribution is 2.06. The van der Waals surface area contributed by atoms with Crippen molar-refractivity contribution in [3.8, 4) is 0 Å². The fourth-order valence-corrected chi connectivity index (χ4v) is 1.76. The van der Waals surface area contributed by atoms with Crippen LogP contribution < -0.4 is 0 Å². The number of sulfone groups is 1. The van der Waals surface area contributed by atoms with Gasteiger partial charge in [0.05, 0.1) is 5.56 Å². The van der Waals surface area contributed by atoms with Crippen molar-refractivity contribution >= 4 is 21.6 Å². The van der Waals surface area contributed by atoms with Crippen molar-refractivity contribution in [3.63, 3.8) is 0 Å². The van der Waals surface area contributed by atoms with Crippen LogP contribution in [0.2, 0.25) is 0 Å². The zero-order valence-electron chi connectivity index (χ0n) is 8.50. The highest BCUT2D eigenvalue weighted by atomic mass is 32.2. The number of carbonyl (C=O) groups excluding carboxylic acids is 1. The third-order valence-electron chi connectivity index (χ3n) is 1.85. The van der Waals surface area contributed by atoms with Crippen LogP contribution in [0.5, 0.6) is 0 Å². The molecule has 0 spiro atoms. The molecule has 0 unspecified atom stereocenters. The van der Waals surface area contributed by atoms with Crippen LogP contribution in [0.3, 0.4) is 0 Å². The zero-order valence-corrected chi connectivity index (χ0v) is 9.32. The predicted molar refractivity (Wildman–Crippen MR) is 57.4 cm³/mol. The van der Waals surface area contributed by atoms with E-state index in [0.717, 1.165) is 6.26 Å². The summed E-state index contributed by atoms with van der Waals surface area (Å²) < 4.78 is 21.8. The number of ketones is 1. The molecule has 5 nitrogen and oxygen atoms in total. The van der Waals surface area contributed by atoms with Gasteiger partial charge in [0.25, 0.3) is 0 Å². The van der Waals surface area contributed by atoms with Crippen LogP contribution >= 0.6 is 0 Å². The average Bonchev–Trinajstić information content (AvgIpc) is 2.15. The van der Waals surface area contributed by atoms with Gasteiger partial charge in [-0.05, 0) is 12.1 Å². The summed E-state index contributed by atoms with van der Waals surface area (Å²) in [5.74, 6) is -2.21. The van der Waals surface area contributed by atoms with Gasteiger partial charge in [0.1, 0.15) is 5.75 Å². The molecule has 1 aromatic carbocycles. The Morgan fingerprint density at radius 3 is 1.94 bits per heavy atom. The summed E-state index contributed by atoms with van der Waals surface area (Å²) in [5.41, 5.74) is 0.242. The summed E-state index contributed by atoms with van der Waals surface area (Å²) in [4.78, 5) is 21.9. The largest absolute Gasteiger partial charge is 0.478 e. The summed E-state index contributed by atoms with van der Waals surface area (Å²) in [6, 6.07) is 5.13. The molecule has 1 N–H and O–H groups in total. The number of carboxylic acids is 1. The summed E-state index contributed by atoms with van der Waals surface area (Å²) >= 11 is 0. The fraction of sp³-hybridized carbons (Fsp3) is 0.200. The molecule has 0 bridgehead atoms. The van der Waals surface area contributed by atoms with E-state index in [2.05, 4.69) is 0 Å². The van der Waals surface area contributed by atoms with Gasteiger partial charge in [-0.15, -0.1) is 0 Å². The van der Waals surface area contributed by atoms with Crippen molar-refractivity contribution in [1.29, 1.82) is 0 Å². The van der Waals surface area contributed by atoms with Gasteiger partial charge in [0.2, 0.25) is 0 Å². The minimum atomic E-state index is -3.36. The maximum atomic E-state index is 11.4. The Kier molecular flexibility index (Phi) is 3.44. The Balaban J connectivity index is 2.90. The van der Waals surface area contributed by atoms with E-state index in [9.17, 15) is 18.0 Å². The van der Waals surface area contributed by atoms with Gasteiger partial charge in [-0.25, -0.2) is 13.2 Å². The quantitative estimate of drug-likeness (QED) is 0.781. The van der Waals surface area contributed by atoms with Crippen LogP contribution in [0.25, 0.3) is 0 Å². The van der Waals surface area contributed by atoms with E-state index in [4.69, 9.17) is 5.11 Å². The first-order chi connectivity index (χ1) is 7.29. The number of benzene rings is 1. The maximum Gasteiger partial charge on any atom is 0.335 e. The molecule has 0 amide bonds. The van der Waals surface area contributed by atoms with Gasteiger partial charge < -0.3 is 5.11 Å². The van der Waals surface area contributed by atoms with Gasteiger partial charge in [0.15, 0.2) is 15.6 Å². The van der Waals surface area contributed by atoms with Crippen molar-refractivity contribution in [2.75, 3.05) is 12.0 Å². The van der Waals surface area contributed by atoms with Crippen LogP contribution in [0.15, 0.2) is 24.3 Å². The molecule has 0 saturated heterocycles. The van der Waals surface area contributed by atoms with Gasteiger partial charge in [-0.2, -0.15) is 0 Å². The van der Waals surface area contributed by atoms with E-state index in [0.29, 0.717) is 0 Å². The lowest BCUT2D eigenvalue weighted by molar-refractivity contribution is 0.0696. The van der Waals surface area contributed by atoms with Gasteiger partial charge in [-0.3, -0.25) is 4.79 Å². The second-order valence-electron chi connectivity index (χ2n) is 3.38. The molecule has 0 heterocycles. The van der Waals surface area contributed by atoms with Crippen molar-refractivity contribution in [2.45, 2.75) is 0 Å². The maximum absolute atomic E-state index is 11.4. The minimum absolute atomic E-state index is 0.0518. The molecule has 6 heteroatoms. The summed E-state index contributed by atoms with van der Waals surface area (Å²) in [7, 11) is -3.36.